The number of allylic oxidation sites excluding steroid dienone is 2. The third-order valence-electron chi connectivity index (χ3n) is 5.58. The van der Waals surface area contributed by atoms with Gasteiger partial charge in [0.25, 0.3) is 5.89 Å². The molecule has 1 aliphatic carbocycles. The number of aryl methyl sites for hydroxylation is 1. The molecule has 2 atom stereocenters. The summed E-state index contributed by atoms with van der Waals surface area (Å²) in [5, 5.41) is 3.91. The Morgan fingerprint density at radius 1 is 1.13 bits per heavy atom. The van der Waals surface area contributed by atoms with E-state index < -0.39 is 5.97 Å². The number of hydrogen-bond acceptors (Lipinski definition) is 7. The maximum Gasteiger partial charge on any atom is 0.308 e. The van der Waals surface area contributed by atoms with E-state index in [1.165, 1.54) is 10.5 Å². The van der Waals surface area contributed by atoms with Crippen LogP contribution < -0.4 is 0 Å². The highest BCUT2D eigenvalue weighted by Crippen LogP contribution is 2.35. The van der Waals surface area contributed by atoms with Crippen molar-refractivity contribution >= 4 is 17.8 Å². The van der Waals surface area contributed by atoms with E-state index in [1.54, 1.807) is 0 Å². The Morgan fingerprint density at radius 3 is 2.43 bits per heavy atom. The summed E-state index contributed by atoms with van der Waals surface area (Å²) in [6.45, 7) is 1.95. The van der Waals surface area contributed by atoms with Gasteiger partial charge in [-0.2, -0.15) is 4.98 Å². The van der Waals surface area contributed by atoms with E-state index in [9.17, 15) is 14.4 Å². The Hall–Kier alpha value is -3.29. The zero-order valence-electron chi connectivity index (χ0n) is 16.7. The van der Waals surface area contributed by atoms with Gasteiger partial charge in [-0.1, -0.05) is 48.5 Å². The van der Waals surface area contributed by atoms with Crippen LogP contribution in [-0.4, -0.2) is 39.4 Å². The van der Waals surface area contributed by atoms with Crippen molar-refractivity contribution in [2.75, 3.05) is 6.54 Å². The molecule has 0 saturated carbocycles. The van der Waals surface area contributed by atoms with Crippen molar-refractivity contribution in [1.29, 1.82) is 0 Å². The van der Waals surface area contributed by atoms with E-state index in [0.29, 0.717) is 18.7 Å². The molecule has 2 heterocycles. The van der Waals surface area contributed by atoms with Crippen molar-refractivity contribution in [1.82, 2.24) is 15.0 Å². The monoisotopic (exact) mass is 409 g/mol. The largest absolute Gasteiger partial charge is 0.456 e. The van der Waals surface area contributed by atoms with E-state index >= 15 is 0 Å². The van der Waals surface area contributed by atoms with Crippen LogP contribution in [0.1, 0.15) is 37.6 Å². The van der Waals surface area contributed by atoms with E-state index in [1.807, 2.05) is 36.4 Å². The van der Waals surface area contributed by atoms with Gasteiger partial charge in [0.2, 0.25) is 17.6 Å². The average molecular weight is 409 g/mol. The molecule has 156 valence electrons. The number of hydrogen-bond donors (Lipinski definition) is 0. The summed E-state index contributed by atoms with van der Waals surface area (Å²) < 4.78 is 10.3. The molecule has 8 nitrogen and oxygen atoms in total. The summed E-state index contributed by atoms with van der Waals surface area (Å²) in [5.41, 5.74) is 2.03. The molecule has 2 aliphatic rings. The lowest BCUT2D eigenvalue weighted by molar-refractivity contribution is -0.147. The number of rotatable bonds is 7. The number of imide groups is 1. The molecule has 0 bridgehead atoms. The summed E-state index contributed by atoms with van der Waals surface area (Å²) in [6.07, 6.45) is 5.90. The van der Waals surface area contributed by atoms with Crippen molar-refractivity contribution in [2.45, 2.75) is 39.2 Å². The van der Waals surface area contributed by atoms with Crippen LogP contribution in [0.15, 0.2) is 40.9 Å². The van der Waals surface area contributed by atoms with Crippen LogP contribution in [-0.2, 0) is 32.1 Å². The second kappa shape index (κ2) is 8.61. The summed E-state index contributed by atoms with van der Waals surface area (Å²) in [6, 6.07) is 7.82. The molecular formula is C22H23N3O5. The van der Waals surface area contributed by atoms with Crippen LogP contribution >= 0.6 is 0 Å². The summed E-state index contributed by atoms with van der Waals surface area (Å²) in [4.78, 5) is 42.3. The summed E-state index contributed by atoms with van der Waals surface area (Å²) >= 11 is 0. The zero-order valence-corrected chi connectivity index (χ0v) is 16.7. The molecule has 1 saturated heterocycles. The molecule has 2 aromatic rings. The molecule has 30 heavy (non-hydrogen) atoms. The lowest BCUT2D eigenvalue weighted by Crippen LogP contribution is -2.33. The molecule has 0 spiro atoms. The van der Waals surface area contributed by atoms with Gasteiger partial charge in [-0.25, -0.2) is 0 Å². The topological polar surface area (TPSA) is 103 Å². The second-order valence-electron chi connectivity index (χ2n) is 7.46. The molecule has 2 amide bonds. The van der Waals surface area contributed by atoms with Gasteiger partial charge in [-0.05, 0) is 24.8 Å². The van der Waals surface area contributed by atoms with Gasteiger partial charge in [0.1, 0.15) is 0 Å². The van der Waals surface area contributed by atoms with Crippen LogP contribution in [0.25, 0.3) is 11.4 Å². The normalized spacial score (nSPS) is 20.5. The molecule has 0 N–H and O–H groups in total. The molecule has 1 fully saturated rings. The summed E-state index contributed by atoms with van der Waals surface area (Å²) in [5.74, 6) is -0.897. The van der Waals surface area contributed by atoms with Crippen LogP contribution in [0.4, 0.5) is 0 Å². The van der Waals surface area contributed by atoms with Gasteiger partial charge in [-0.15, -0.1) is 0 Å². The van der Waals surface area contributed by atoms with Crippen molar-refractivity contribution in [2.24, 2.45) is 11.8 Å². The van der Waals surface area contributed by atoms with E-state index in [4.69, 9.17) is 9.26 Å². The fourth-order valence-corrected chi connectivity index (χ4v) is 3.83. The van der Waals surface area contributed by atoms with Gasteiger partial charge in [-0.3, -0.25) is 19.3 Å². The standard InChI is InChI=1S/C22H23N3O5/c1-2-14-7-9-15(10-8-14)20-23-18(30-24-20)13-29-19(26)11-12-25-21(27)16-5-3-4-6-17(16)22(25)28/h3-4,7-10,16-17H,2,5-6,11-13H2,1H3/t16-,17-/m0/s1. The fourth-order valence-electron chi connectivity index (χ4n) is 3.83. The quantitative estimate of drug-likeness (QED) is 0.393. The zero-order chi connectivity index (χ0) is 21.1. The van der Waals surface area contributed by atoms with Crippen molar-refractivity contribution in [3.8, 4) is 11.4 Å². The minimum atomic E-state index is -0.532. The van der Waals surface area contributed by atoms with E-state index in [-0.39, 0.29) is 49.1 Å². The fraction of sp³-hybridized carbons (Fsp3) is 0.409. The molecule has 0 radical (unpaired) electrons. The molecule has 8 heteroatoms. The Bertz CT molecular complexity index is 953. The number of aromatic nitrogens is 2. The molecule has 1 aromatic heterocycles. The number of carbonyl (C=O) groups excluding carboxylic acids is 3. The van der Waals surface area contributed by atoms with Crippen LogP contribution in [0.5, 0.6) is 0 Å². The number of amides is 2. The Morgan fingerprint density at radius 2 is 1.80 bits per heavy atom. The number of fused-ring (bicyclic) bond motifs is 1. The van der Waals surface area contributed by atoms with Gasteiger partial charge in [0.15, 0.2) is 6.61 Å². The first kappa shape index (κ1) is 20.0. The van der Waals surface area contributed by atoms with Gasteiger partial charge in [0.05, 0.1) is 18.3 Å². The number of likely N-dealkylation sites (tertiary alicyclic amines) is 1. The predicted molar refractivity (Wildman–Crippen MR) is 106 cm³/mol. The Kier molecular flexibility index (Phi) is 5.74. The third-order valence-corrected chi connectivity index (χ3v) is 5.58. The number of nitrogens with zero attached hydrogens (tertiary/aromatic N) is 3. The number of carbonyl (C=O) groups is 3. The number of ether oxygens (including phenoxy) is 1. The summed E-state index contributed by atoms with van der Waals surface area (Å²) in [7, 11) is 0. The smallest absolute Gasteiger partial charge is 0.308 e. The van der Waals surface area contributed by atoms with Crippen LogP contribution in [0.2, 0.25) is 0 Å². The van der Waals surface area contributed by atoms with Crippen molar-refractivity contribution < 1.29 is 23.6 Å². The lowest BCUT2D eigenvalue weighted by Gasteiger charge is -2.14. The van der Waals surface area contributed by atoms with Gasteiger partial charge < -0.3 is 9.26 Å². The Balaban J connectivity index is 1.27. The molecule has 1 aliphatic heterocycles. The minimum Gasteiger partial charge on any atom is -0.456 e. The maximum absolute atomic E-state index is 12.4. The van der Waals surface area contributed by atoms with Gasteiger partial charge in [0, 0.05) is 12.1 Å². The van der Waals surface area contributed by atoms with Crippen molar-refractivity contribution in [3.05, 3.63) is 47.9 Å². The van der Waals surface area contributed by atoms with Crippen molar-refractivity contribution in [3.63, 3.8) is 0 Å². The van der Waals surface area contributed by atoms with Crippen LogP contribution in [0, 0.1) is 11.8 Å². The number of benzene rings is 1. The number of esters is 1. The predicted octanol–water partition coefficient (Wildman–Crippen LogP) is 2.68. The highest BCUT2D eigenvalue weighted by atomic mass is 16.6. The highest BCUT2D eigenvalue weighted by molar-refractivity contribution is 6.05. The lowest BCUT2D eigenvalue weighted by atomic mass is 9.85. The Labute approximate surface area is 173 Å². The maximum atomic E-state index is 12.4. The first-order valence-corrected chi connectivity index (χ1v) is 10.1. The average Bonchev–Trinajstić information content (AvgIpc) is 3.35. The molecule has 1 aromatic carbocycles. The minimum absolute atomic E-state index is 0.0301. The van der Waals surface area contributed by atoms with E-state index in [0.717, 1.165) is 12.0 Å². The molecular weight excluding hydrogens is 386 g/mol. The third kappa shape index (κ3) is 4.03. The first-order valence-electron chi connectivity index (χ1n) is 10.1. The van der Waals surface area contributed by atoms with Gasteiger partial charge >= 0.3 is 5.97 Å². The van der Waals surface area contributed by atoms with Crippen LogP contribution in [0.3, 0.4) is 0 Å². The second-order valence-corrected chi connectivity index (χ2v) is 7.46. The first-order chi connectivity index (χ1) is 14.6. The molecule has 4 rings (SSSR count). The SMILES string of the molecule is CCc1ccc(-c2noc(COC(=O)CCN3C(=O)[C@H]4CC=CC[C@@H]4C3=O)n2)cc1. The van der Waals surface area contributed by atoms with E-state index in [2.05, 4.69) is 17.1 Å². The molecule has 0 unspecified atom stereocenters. The highest BCUT2D eigenvalue weighted by Gasteiger charge is 2.46.